The number of ether oxygens (including phenoxy) is 2. The van der Waals surface area contributed by atoms with Crippen LogP contribution >= 0.6 is 0 Å². The van der Waals surface area contributed by atoms with Crippen molar-refractivity contribution in [1.82, 2.24) is 9.47 Å². The van der Waals surface area contributed by atoms with Crippen LogP contribution in [0.5, 0.6) is 11.5 Å². The van der Waals surface area contributed by atoms with Crippen LogP contribution in [0.2, 0.25) is 0 Å². The van der Waals surface area contributed by atoms with Crippen LogP contribution in [0.4, 0.5) is 0 Å². The first-order valence-corrected chi connectivity index (χ1v) is 10.7. The SMILES string of the molecule is CCn1c2ccccc2c2cc(CN3CCc4cc(OC)c(OC)cc4C3)ccc21. The molecule has 0 bridgehead atoms. The minimum atomic E-state index is 0.812. The molecule has 4 nitrogen and oxygen atoms in total. The van der Waals surface area contributed by atoms with Crippen LogP contribution in [0.15, 0.2) is 54.6 Å². The summed E-state index contributed by atoms with van der Waals surface area (Å²) < 4.78 is 13.4. The average molecular weight is 401 g/mol. The minimum Gasteiger partial charge on any atom is -0.493 e. The first-order valence-electron chi connectivity index (χ1n) is 10.7. The van der Waals surface area contributed by atoms with E-state index in [0.29, 0.717) is 0 Å². The Labute approximate surface area is 177 Å². The molecule has 4 aromatic rings. The highest BCUT2D eigenvalue weighted by molar-refractivity contribution is 6.08. The Morgan fingerprint density at radius 1 is 0.833 bits per heavy atom. The van der Waals surface area contributed by atoms with Crippen molar-refractivity contribution in [2.24, 2.45) is 0 Å². The van der Waals surface area contributed by atoms with Crippen molar-refractivity contribution in [3.63, 3.8) is 0 Å². The Hall–Kier alpha value is -2.98. The predicted molar refractivity (Wildman–Crippen MR) is 122 cm³/mol. The Morgan fingerprint density at radius 3 is 2.33 bits per heavy atom. The van der Waals surface area contributed by atoms with Crippen molar-refractivity contribution in [2.45, 2.75) is 33.0 Å². The first kappa shape index (κ1) is 19.0. The smallest absolute Gasteiger partial charge is 0.161 e. The lowest BCUT2D eigenvalue weighted by Gasteiger charge is -2.29. The molecular weight excluding hydrogens is 372 g/mol. The number of aromatic nitrogens is 1. The minimum absolute atomic E-state index is 0.812. The van der Waals surface area contributed by atoms with E-state index in [-0.39, 0.29) is 0 Å². The number of rotatable bonds is 5. The quantitative estimate of drug-likeness (QED) is 0.449. The summed E-state index contributed by atoms with van der Waals surface area (Å²) in [6.07, 6.45) is 1.03. The molecule has 1 aromatic heterocycles. The zero-order valence-electron chi connectivity index (χ0n) is 17.9. The summed E-state index contributed by atoms with van der Waals surface area (Å²) in [6, 6.07) is 20.0. The molecule has 1 aliphatic rings. The van der Waals surface area contributed by atoms with Crippen LogP contribution in [0.1, 0.15) is 23.6 Å². The monoisotopic (exact) mass is 400 g/mol. The summed E-state index contributed by atoms with van der Waals surface area (Å²) >= 11 is 0. The third-order valence-corrected chi connectivity index (χ3v) is 6.36. The number of methoxy groups -OCH3 is 2. The molecule has 154 valence electrons. The maximum atomic E-state index is 5.51. The zero-order chi connectivity index (χ0) is 20.7. The van der Waals surface area contributed by atoms with Crippen molar-refractivity contribution >= 4 is 21.8 Å². The fourth-order valence-electron chi connectivity index (χ4n) is 4.87. The Morgan fingerprint density at radius 2 is 1.57 bits per heavy atom. The van der Waals surface area contributed by atoms with Crippen LogP contribution in [-0.4, -0.2) is 30.2 Å². The van der Waals surface area contributed by atoms with Gasteiger partial charge >= 0.3 is 0 Å². The van der Waals surface area contributed by atoms with E-state index in [1.165, 1.54) is 38.5 Å². The van der Waals surface area contributed by atoms with Gasteiger partial charge in [0, 0.05) is 48.0 Å². The highest BCUT2D eigenvalue weighted by atomic mass is 16.5. The lowest BCUT2D eigenvalue weighted by molar-refractivity contribution is 0.244. The molecule has 0 atom stereocenters. The summed E-state index contributed by atoms with van der Waals surface area (Å²) in [6.45, 7) is 6.14. The normalized spacial score (nSPS) is 14.2. The molecule has 4 heteroatoms. The van der Waals surface area contributed by atoms with Crippen molar-refractivity contribution < 1.29 is 9.47 Å². The van der Waals surface area contributed by atoms with Gasteiger partial charge in [0.05, 0.1) is 14.2 Å². The van der Waals surface area contributed by atoms with Gasteiger partial charge in [-0.25, -0.2) is 0 Å². The van der Waals surface area contributed by atoms with E-state index in [9.17, 15) is 0 Å². The highest BCUT2D eigenvalue weighted by Crippen LogP contribution is 2.34. The van der Waals surface area contributed by atoms with E-state index < -0.39 is 0 Å². The molecule has 0 saturated carbocycles. The number of para-hydroxylation sites is 1. The number of nitrogens with zero attached hydrogens (tertiary/aromatic N) is 2. The van der Waals surface area contributed by atoms with Gasteiger partial charge in [-0.15, -0.1) is 0 Å². The second-order valence-corrected chi connectivity index (χ2v) is 8.05. The highest BCUT2D eigenvalue weighted by Gasteiger charge is 2.20. The summed E-state index contributed by atoms with van der Waals surface area (Å²) in [5.74, 6) is 1.63. The van der Waals surface area contributed by atoms with Gasteiger partial charge in [-0.1, -0.05) is 24.3 Å². The second kappa shape index (κ2) is 7.69. The van der Waals surface area contributed by atoms with Crippen molar-refractivity contribution in [1.29, 1.82) is 0 Å². The van der Waals surface area contributed by atoms with Gasteiger partial charge in [0.15, 0.2) is 11.5 Å². The molecule has 0 spiro atoms. The van der Waals surface area contributed by atoms with Gasteiger partial charge in [-0.3, -0.25) is 4.90 Å². The summed E-state index contributed by atoms with van der Waals surface area (Å²) in [5, 5.41) is 2.70. The molecule has 1 aliphatic heterocycles. The van der Waals surface area contributed by atoms with E-state index in [4.69, 9.17) is 9.47 Å². The molecule has 0 aliphatic carbocycles. The lowest BCUT2D eigenvalue weighted by atomic mass is 9.98. The summed E-state index contributed by atoms with van der Waals surface area (Å²) in [5.41, 5.74) is 6.71. The molecule has 3 aromatic carbocycles. The Kier molecular flexibility index (Phi) is 4.87. The van der Waals surface area contributed by atoms with E-state index >= 15 is 0 Å². The lowest BCUT2D eigenvalue weighted by Crippen LogP contribution is -2.30. The van der Waals surface area contributed by atoms with Crippen LogP contribution in [0.25, 0.3) is 21.8 Å². The van der Waals surface area contributed by atoms with Gasteiger partial charge in [-0.05, 0) is 60.4 Å². The molecule has 0 N–H and O–H groups in total. The zero-order valence-corrected chi connectivity index (χ0v) is 17.9. The van der Waals surface area contributed by atoms with E-state index in [1.807, 2.05) is 0 Å². The third kappa shape index (κ3) is 3.12. The topological polar surface area (TPSA) is 26.6 Å². The molecule has 0 saturated heterocycles. The fraction of sp³-hybridized carbons (Fsp3) is 0.308. The van der Waals surface area contributed by atoms with E-state index in [2.05, 4.69) is 71.0 Å². The number of aryl methyl sites for hydroxylation is 1. The van der Waals surface area contributed by atoms with E-state index in [1.54, 1.807) is 14.2 Å². The average Bonchev–Trinajstić information content (AvgIpc) is 3.11. The maximum absolute atomic E-state index is 5.51. The third-order valence-electron chi connectivity index (χ3n) is 6.36. The van der Waals surface area contributed by atoms with Gasteiger partial charge in [0.2, 0.25) is 0 Å². The van der Waals surface area contributed by atoms with Gasteiger partial charge < -0.3 is 14.0 Å². The fourth-order valence-corrected chi connectivity index (χ4v) is 4.87. The number of fused-ring (bicyclic) bond motifs is 4. The molecule has 2 heterocycles. The Bertz CT molecular complexity index is 1220. The largest absolute Gasteiger partial charge is 0.493 e. The van der Waals surface area contributed by atoms with E-state index in [0.717, 1.165) is 44.1 Å². The molecule has 0 radical (unpaired) electrons. The molecule has 0 unspecified atom stereocenters. The molecule has 0 amide bonds. The second-order valence-electron chi connectivity index (χ2n) is 8.05. The van der Waals surface area contributed by atoms with Crippen LogP contribution in [-0.2, 0) is 26.1 Å². The summed E-state index contributed by atoms with van der Waals surface area (Å²) in [7, 11) is 3.40. The molecule has 5 rings (SSSR count). The Balaban J connectivity index is 1.45. The van der Waals surface area contributed by atoms with Crippen molar-refractivity contribution in [2.75, 3.05) is 20.8 Å². The maximum Gasteiger partial charge on any atom is 0.161 e. The standard InChI is InChI=1S/C26H28N2O2/c1-4-28-23-8-6-5-7-21(23)22-13-18(9-10-24(22)28)16-27-12-11-19-14-25(29-2)26(30-3)15-20(19)17-27/h5-10,13-15H,4,11-12,16-17H2,1-3H3. The molecule has 0 fully saturated rings. The molecule has 30 heavy (non-hydrogen) atoms. The first-order chi connectivity index (χ1) is 14.7. The summed E-state index contributed by atoms with van der Waals surface area (Å²) in [4.78, 5) is 2.52. The number of hydrogen-bond donors (Lipinski definition) is 0. The van der Waals surface area contributed by atoms with Gasteiger partial charge in [0.25, 0.3) is 0 Å². The molecular formula is C26H28N2O2. The van der Waals surface area contributed by atoms with Crippen LogP contribution < -0.4 is 9.47 Å². The number of benzene rings is 3. The van der Waals surface area contributed by atoms with Gasteiger partial charge in [0.1, 0.15) is 0 Å². The number of hydrogen-bond acceptors (Lipinski definition) is 3. The van der Waals surface area contributed by atoms with Crippen LogP contribution in [0, 0.1) is 0 Å². The van der Waals surface area contributed by atoms with Crippen LogP contribution in [0.3, 0.4) is 0 Å². The van der Waals surface area contributed by atoms with Gasteiger partial charge in [-0.2, -0.15) is 0 Å². The van der Waals surface area contributed by atoms with Crippen molar-refractivity contribution in [3.05, 3.63) is 71.3 Å². The predicted octanol–water partition coefficient (Wildman–Crippen LogP) is 5.39. The van der Waals surface area contributed by atoms with Crippen molar-refractivity contribution in [3.8, 4) is 11.5 Å².